The SMILES string of the molecule is CC1CCc2c(N)cccc2C1. The zero-order chi connectivity index (χ0) is 8.55. The average Bonchev–Trinajstić information content (AvgIpc) is 2.04. The van der Waals surface area contributed by atoms with Gasteiger partial charge < -0.3 is 5.73 Å². The van der Waals surface area contributed by atoms with Crippen LogP contribution in [-0.2, 0) is 12.8 Å². The van der Waals surface area contributed by atoms with Gasteiger partial charge in [-0.3, -0.25) is 0 Å². The van der Waals surface area contributed by atoms with Crippen LogP contribution in [0.15, 0.2) is 18.2 Å². The molecule has 1 unspecified atom stereocenters. The summed E-state index contributed by atoms with van der Waals surface area (Å²) < 4.78 is 0. The Kier molecular flexibility index (Phi) is 1.80. The molecule has 0 saturated carbocycles. The second-order valence-corrected chi connectivity index (χ2v) is 3.83. The van der Waals surface area contributed by atoms with E-state index in [1.165, 1.54) is 30.4 Å². The van der Waals surface area contributed by atoms with Crippen molar-refractivity contribution in [2.45, 2.75) is 26.2 Å². The summed E-state index contributed by atoms with van der Waals surface area (Å²) in [5, 5.41) is 0. The van der Waals surface area contributed by atoms with Crippen LogP contribution >= 0.6 is 0 Å². The van der Waals surface area contributed by atoms with E-state index in [1.807, 2.05) is 6.07 Å². The molecule has 0 fully saturated rings. The quantitative estimate of drug-likeness (QED) is 0.581. The Morgan fingerprint density at radius 2 is 2.25 bits per heavy atom. The molecule has 0 aliphatic heterocycles. The first-order valence-electron chi connectivity index (χ1n) is 4.63. The van der Waals surface area contributed by atoms with Gasteiger partial charge in [-0.1, -0.05) is 19.1 Å². The Hall–Kier alpha value is -0.980. The number of fused-ring (bicyclic) bond motifs is 1. The van der Waals surface area contributed by atoms with Crippen LogP contribution in [0.4, 0.5) is 5.69 Å². The summed E-state index contributed by atoms with van der Waals surface area (Å²) in [5.41, 5.74) is 9.74. The molecule has 1 atom stereocenters. The molecule has 0 radical (unpaired) electrons. The van der Waals surface area contributed by atoms with Gasteiger partial charge in [-0.05, 0) is 42.4 Å². The first kappa shape index (κ1) is 7.66. The van der Waals surface area contributed by atoms with Crippen LogP contribution in [0.2, 0.25) is 0 Å². The molecule has 1 aliphatic carbocycles. The number of nitrogen functional groups attached to an aromatic ring is 1. The average molecular weight is 161 g/mol. The van der Waals surface area contributed by atoms with E-state index in [-0.39, 0.29) is 0 Å². The summed E-state index contributed by atoms with van der Waals surface area (Å²) in [6, 6.07) is 6.28. The lowest BCUT2D eigenvalue weighted by atomic mass is 9.84. The van der Waals surface area contributed by atoms with Crippen molar-refractivity contribution in [1.29, 1.82) is 0 Å². The van der Waals surface area contributed by atoms with E-state index in [9.17, 15) is 0 Å². The summed E-state index contributed by atoms with van der Waals surface area (Å²) in [6.45, 7) is 2.31. The first-order chi connectivity index (χ1) is 5.77. The van der Waals surface area contributed by atoms with Crippen LogP contribution in [0.25, 0.3) is 0 Å². The normalized spacial score (nSPS) is 21.9. The lowest BCUT2D eigenvalue weighted by Gasteiger charge is -2.22. The van der Waals surface area contributed by atoms with Crippen molar-refractivity contribution in [2.24, 2.45) is 5.92 Å². The first-order valence-corrected chi connectivity index (χ1v) is 4.63. The third kappa shape index (κ3) is 1.20. The molecular weight excluding hydrogens is 146 g/mol. The van der Waals surface area contributed by atoms with Gasteiger partial charge in [-0.25, -0.2) is 0 Å². The van der Waals surface area contributed by atoms with Gasteiger partial charge in [-0.15, -0.1) is 0 Å². The second kappa shape index (κ2) is 2.81. The topological polar surface area (TPSA) is 26.0 Å². The number of benzene rings is 1. The molecule has 1 heteroatoms. The second-order valence-electron chi connectivity index (χ2n) is 3.83. The molecule has 0 heterocycles. The van der Waals surface area contributed by atoms with E-state index in [0.717, 1.165) is 11.6 Å². The minimum atomic E-state index is 0.833. The van der Waals surface area contributed by atoms with Gasteiger partial charge in [0.05, 0.1) is 0 Å². The van der Waals surface area contributed by atoms with Crippen LogP contribution in [0.3, 0.4) is 0 Å². The van der Waals surface area contributed by atoms with Gasteiger partial charge in [0.15, 0.2) is 0 Å². The summed E-state index contributed by atoms with van der Waals surface area (Å²) in [6.07, 6.45) is 3.67. The predicted octanol–water partition coefficient (Wildman–Crippen LogP) is 2.39. The lowest BCUT2D eigenvalue weighted by molar-refractivity contribution is 0.502. The third-order valence-electron chi connectivity index (χ3n) is 2.76. The van der Waals surface area contributed by atoms with E-state index in [0.29, 0.717) is 0 Å². The van der Waals surface area contributed by atoms with E-state index >= 15 is 0 Å². The van der Waals surface area contributed by atoms with E-state index in [4.69, 9.17) is 5.73 Å². The number of anilines is 1. The van der Waals surface area contributed by atoms with Crippen LogP contribution in [0, 0.1) is 5.92 Å². The molecule has 0 bridgehead atoms. The molecule has 1 aliphatic rings. The Bertz CT molecular complexity index is 291. The van der Waals surface area contributed by atoms with E-state index in [1.54, 1.807) is 0 Å². The van der Waals surface area contributed by atoms with Crippen molar-refractivity contribution < 1.29 is 0 Å². The van der Waals surface area contributed by atoms with Crippen molar-refractivity contribution in [3.05, 3.63) is 29.3 Å². The minimum absolute atomic E-state index is 0.833. The molecule has 1 aromatic rings. The van der Waals surface area contributed by atoms with Crippen molar-refractivity contribution in [3.63, 3.8) is 0 Å². The molecular formula is C11H15N. The maximum atomic E-state index is 5.89. The van der Waals surface area contributed by atoms with Crippen LogP contribution in [-0.4, -0.2) is 0 Å². The predicted molar refractivity (Wildman–Crippen MR) is 52.0 cm³/mol. The van der Waals surface area contributed by atoms with E-state index in [2.05, 4.69) is 19.1 Å². The van der Waals surface area contributed by atoms with Crippen molar-refractivity contribution in [2.75, 3.05) is 5.73 Å². The molecule has 0 amide bonds. The van der Waals surface area contributed by atoms with Gasteiger partial charge in [0.2, 0.25) is 0 Å². The fourth-order valence-corrected chi connectivity index (χ4v) is 2.02. The maximum absolute atomic E-state index is 5.89. The summed E-state index contributed by atoms with van der Waals surface area (Å²) >= 11 is 0. The zero-order valence-electron chi connectivity index (χ0n) is 7.51. The van der Waals surface area contributed by atoms with E-state index < -0.39 is 0 Å². The largest absolute Gasteiger partial charge is 0.398 e. The monoisotopic (exact) mass is 161 g/mol. The molecule has 64 valence electrons. The van der Waals surface area contributed by atoms with Crippen LogP contribution < -0.4 is 5.73 Å². The van der Waals surface area contributed by atoms with Gasteiger partial charge in [0.25, 0.3) is 0 Å². The maximum Gasteiger partial charge on any atom is 0.0349 e. The molecule has 0 saturated heterocycles. The Labute approximate surface area is 73.6 Å². The van der Waals surface area contributed by atoms with Crippen molar-refractivity contribution in [3.8, 4) is 0 Å². The van der Waals surface area contributed by atoms with Crippen molar-refractivity contribution >= 4 is 5.69 Å². The molecule has 1 aromatic carbocycles. The Morgan fingerprint density at radius 1 is 1.42 bits per heavy atom. The minimum Gasteiger partial charge on any atom is -0.398 e. The number of hydrogen-bond donors (Lipinski definition) is 1. The highest BCUT2D eigenvalue weighted by Crippen LogP contribution is 2.28. The standard InChI is InChI=1S/C11H15N/c1-8-5-6-10-9(7-8)3-2-4-11(10)12/h2-4,8H,5-7,12H2,1H3. The van der Waals surface area contributed by atoms with Gasteiger partial charge in [0, 0.05) is 5.69 Å². The van der Waals surface area contributed by atoms with Gasteiger partial charge in [-0.2, -0.15) is 0 Å². The summed E-state index contributed by atoms with van der Waals surface area (Å²) in [7, 11) is 0. The highest BCUT2D eigenvalue weighted by Gasteiger charge is 2.15. The highest BCUT2D eigenvalue weighted by molar-refractivity contribution is 5.51. The van der Waals surface area contributed by atoms with Crippen LogP contribution in [0.1, 0.15) is 24.5 Å². The molecule has 0 spiro atoms. The van der Waals surface area contributed by atoms with Gasteiger partial charge in [0.1, 0.15) is 0 Å². The smallest absolute Gasteiger partial charge is 0.0349 e. The highest BCUT2D eigenvalue weighted by atomic mass is 14.6. The summed E-state index contributed by atoms with van der Waals surface area (Å²) in [4.78, 5) is 0. The third-order valence-corrected chi connectivity index (χ3v) is 2.76. The van der Waals surface area contributed by atoms with Crippen molar-refractivity contribution in [1.82, 2.24) is 0 Å². The number of rotatable bonds is 0. The fraction of sp³-hybridized carbons (Fsp3) is 0.455. The molecule has 12 heavy (non-hydrogen) atoms. The lowest BCUT2D eigenvalue weighted by Crippen LogP contribution is -2.12. The Balaban J connectivity index is 2.42. The Morgan fingerprint density at radius 3 is 3.08 bits per heavy atom. The number of hydrogen-bond acceptors (Lipinski definition) is 1. The molecule has 2 N–H and O–H groups in total. The van der Waals surface area contributed by atoms with Gasteiger partial charge >= 0.3 is 0 Å². The fourth-order valence-electron chi connectivity index (χ4n) is 2.02. The molecule has 0 aromatic heterocycles. The number of nitrogens with two attached hydrogens (primary N) is 1. The van der Waals surface area contributed by atoms with Crippen LogP contribution in [0.5, 0.6) is 0 Å². The zero-order valence-corrected chi connectivity index (χ0v) is 7.51. The summed E-state index contributed by atoms with van der Waals surface area (Å²) in [5.74, 6) is 0.833. The molecule has 1 nitrogen and oxygen atoms in total. The molecule has 2 rings (SSSR count).